The van der Waals surface area contributed by atoms with Gasteiger partial charge in [-0.2, -0.15) is 5.10 Å². The first kappa shape index (κ1) is 20.1. The zero-order chi connectivity index (χ0) is 21.0. The summed E-state index contributed by atoms with van der Waals surface area (Å²) in [7, 11) is 0. The molecule has 150 valence electrons. The Morgan fingerprint density at radius 3 is 2.45 bits per heavy atom. The van der Waals surface area contributed by atoms with Crippen molar-refractivity contribution in [2.75, 3.05) is 0 Å². The summed E-state index contributed by atoms with van der Waals surface area (Å²) in [5.41, 5.74) is 8.62. The standard InChI is InChI=1S/C22H24N4O3/c1-14-8-15(2)10-19(9-14)26-16(3)11-18(17(26)4)12-24-25-22(28)21(27)23-13-20-6-5-7-29-20/h5-12H,13H2,1-4H3,(H,23,27)(H,25,28)/b24-12-. The van der Waals surface area contributed by atoms with Gasteiger partial charge in [0.05, 0.1) is 19.0 Å². The molecule has 7 heteroatoms. The number of nitrogens with zero attached hydrogens (tertiary/aromatic N) is 2. The number of hydrogen-bond acceptors (Lipinski definition) is 4. The first-order chi connectivity index (χ1) is 13.8. The third kappa shape index (κ3) is 4.82. The zero-order valence-electron chi connectivity index (χ0n) is 16.9. The number of hydrogen-bond donors (Lipinski definition) is 2. The van der Waals surface area contributed by atoms with Crippen molar-refractivity contribution in [2.24, 2.45) is 5.10 Å². The molecule has 0 saturated heterocycles. The molecule has 1 aromatic carbocycles. The maximum absolute atomic E-state index is 11.9. The lowest BCUT2D eigenvalue weighted by Gasteiger charge is -2.11. The molecule has 2 N–H and O–H groups in total. The van der Waals surface area contributed by atoms with E-state index in [1.165, 1.54) is 17.4 Å². The summed E-state index contributed by atoms with van der Waals surface area (Å²) < 4.78 is 7.24. The summed E-state index contributed by atoms with van der Waals surface area (Å²) in [6, 6.07) is 11.8. The van der Waals surface area contributed by atoms with Gasteiger partial charge in [0.25, 0.3) is 0 Å². The Morgan fingerprint density at radius 1 is 1.07 bits per heavy atom. The van der Waals surface area contributed by atoms with Crippen LogP contribution in [0.15, 0.2) is 52.2 Å². The number of carbonyl (C=O) groups excluding carboxylic acids is 2. The third-order valence-corrected chi connectivity index (χ3v) is 4.51. The minimum Gasteiger partial charge on any atom is -0.467 e. The molecule has 29 heavy (non-hydrogen) atoms. The summed E-state index contributed by atoms with van der Waals surface area (Å²) in [5.74, 6) is -1.05. The zero-order valence-corrected chi connectivity index (χ0v) is 16.9. The van der Waals surface area contributed by atoms with E-state index in [0.717, 1.165) is 22.6 Å². The summed E-state index contributed by atoms with van der Waals surface area (Å²) in [4.78, 5) is 23.7. The highest BCUT2D eigenvalue weighted by atomic mass is 16.3. The highest BCUT2D eigenvalue weighted by Gasteiger charge is 2.13. The first-order valence-corrected chi connectivity index (χ1v) is 9.26. The summed E-state index contributed by atoms with van der Waals surface area (Å²) in [6.07, 6.45) is 3.04. The molecule has 2 amide bonds. The van der Waals surface area contributed by atoms with Gasteiger partial charge in [0, 0.05) is 22.6 Å². The van der Waals surface area contributed by atoms with E-state index in [9.17, 15) is 9.59 Å². The second-order valence-electron chi connectivity index (χ2n) is 6.97. The van der Waals surface area contributed by atoms with Crippen LogP contribution < -0.4 is 10.7 Å². The Bertz CT molecular complexity index is 1040. The van der Waals surface area contributed by atoms with Crippen molar-refractivity contribution in [1.29, 1.82) is 0 Å². The summed E-state index contributed by atoms with van der Waals surface area (Å²) in [5, 5.41) is 6.40. The van der Waals surface area contributed by atoms with E-state index in [0.29, 0.717) is 5.76 Å². The molecule has 0 aliphatic rings. The van der Waals surface area contributed by atoms with E-state index in [4.69, 9.17) is 4.42 Å². The van der Waals surface area contributed by atoms with Gasteiger partial charge < -0.3 is 14.3 Å². The number of rotatable bonds is 5. The molecule has 0 aliphatic carbocycles. The van der Waals surface area contributed by atoms with E-state index in [1.807, 2.05) is 19.9 Å². The molecule has 0 radical (unpaired) electrons. The number of amides is 2. The Hall–Kier alpha value is -3.61. The van der Waals surface area contributed by atoms with Gasteiger partial charge in [-0.25, -0.2) is 5.43 Å². The quantitative estimate of drug-likeness (QED) is 0.397. The van der Waals surface area contributed by atoms with E-state index < -0.39 is 11.8 Å². The van der Waals surface area contributed by atoms with Crippen LogP contribution in [0.25, 0.3) is 5.69 Å². The van der Waals surface area contributed by atoms with Crippen LogP contribution >= 0.6 is 0 Å². The number of hydrazone groups is 1. The van der Waals surface area contributed by atoms with Gasteiger partial charge in [-0.3, -0.25) is 9.59 Å². The van der Waals surface area contributed by atoms with E-state index in [1.54, 1.807) is 18.3 Å². The number of aromatic nitrogens is 1. The lowest BCUT2D eigenvalue weighted by molar-refractivity contribution is -0.139. The van der Waals surface area contributed by atoms with Gasteiger partial charge in [0.1, 0.15) is 5.76 Å². The number of furan rings is 1. The van der Waals surface area contributed by atoms with Crippen molar-refractivity contribution in [2.45, 2.75) is 34.2 Å². The fourth-order valence-electron chi connectivity index (χ4n) is 3.27. The second-order valence-corrected chi connectivity index (χ2v) is 6.97. The van der Waals surface area contributed by atoms with Crippen LogP contribution in [0.4, 0.5) is 0 Å². The normalized spacial score (nSPS) is 11.0. The van der Waals surface area contributed by atoms with Gasteiger partial charge in [0.2, 0.25) is 0 Å². The predicted octanol–water partition coefficient (Wildman–Crippen LogP) is 3.07. The van der Waals surface area contributed by atoms with Crippen molar-refractivity contribution in [1.82, 2.24) is 15.3 Å². The average Bonchev–Trinajstić information content (AvgIpc) is 3.27. The topological polar surface area (TPSA) is 88.6 Å². The molecule has 0 atom stereocenters. The molecule has 7 nitrogen and oxygen atoms in total. The molecule has 0 saturated carbocycles. The molecule has 0 fully saturated rings. The van der Waals surface area contributed by atoms with Crippen LogP contribution in [0.2, 0.25) is 0 Å². The Morgan fingerprint density at radius 2 is 1.79 bits per heavy atom. The Labute approximate surface area is 169 Å². The smallest absolute Gasteiger partial charge is 0.329 e. The number of benzene rings is 1. The molecule has 3 rings (SSSR count). The van der Waals surface area contributed by atoms with Crippen molar-refractivity contribution < 1.29 is 14.0 Å². The number of aryl methyl sites for hydroxylation is 3. The van der Waals surface area contributed by atoms with Crippen molar-refractivity contribution in [3.63, 3.8) is 0 Å². The van der Waals surface area contributed by atoms with Crippen LogP contribution in [0.3, 0.4) is 0 Å². The predicted molar refractivity (Wildman–Crippen MR) is 111 cm³/mol. The number of nitrogens with one attached hydrogen (secondary N) is 2. The molecule has 0 bridgehead atoms. The van der Waals surface area contributed by atoms with Gasteiger partial charge in [0.15, 0.2) is 0 Å². The van der Waals surface area contributed by atoms with Crippen molar-refractivity contribution in [3.05, 3.63) is 76.5 Å². The van der Waals surface area contributed by atoms with Crippen molar-refractivity contribution in [3.8, 4) is 5.69 Å². The van der Waals surface area contributed by atoms with Crippen molar-refractivity contribution >= 4 is 18.0 Å². The van der Waals surface area contributed by atoms with Crippen LogP contribution in [-0.2, 0) is 16.1 Å². The van der Waals surface area contributed by atoms with Crippen LogP contribution in [0.1, 0.15) is 33.8 Å². The third-order valence-electron chi connectivity index (χ3n) is 4.51. The minimum absolute atomic E-state index is 0.139. The van der Waals surface area contributed by atoms with Gasteiger partial charge >= 0.3 is 11.8 Å². The Balaban J connectivity index is 1.66. The monoisotopic (exact) mass is 392 g/mol. The van der Waals surface area contributed by atoms with Gasteiger partial charge in [-0.1, -0.05) is 6.07 Å². The minimum atomic E-state index is -0.837. The molecule has 2 heterocycles. The van der Waals surface area contributed by atoms with Crippen LogP contribution in [0.5, 0.6) is 0 Å². The maximum atomic E-state index is 11.9. The van der Waals surface area contributed by atoms with Gasteiger partial charge in [-0.05, 0) is 69.2 Å². The molecule has 3 aromatic rings. The lowest BCUT2D eigenvalue weighted by atomic mass is 10.1. The molecular weight excluding hydrogens is 368 g/mol. The lowest BCUT2D eigenvalue weighted by Crippen LogP contribution is -2.37. The van der Waals surface area contributed by atoms with E-state index in [2.05, 4.69) is 52.5 Å². The average molecular weight is 392 g/mol. The fourth-order valence-corrected chi connectivity index (χ4v) is 3.27. The maximum Gasteiger partial charge on any atom is 0.329 e. The van der Waals surface area contributed by atoms with Gasteiger partial charge in [-0.15, -0.1) is 0 Å². The second kappa shape index (κ2) is 8.60. The largest absolute Gasteiger partial charge is 0.467 e. The van der Waals surface area contributed by atoms with E-state index in [-0.39, 0.29) is 6.54 Å². The molecular formula is C22H24N4O3. The highest BCUT2D eigenvalue weighted by Crippen LogP contribution is 2.21. The molecule has 0 spiro atoms. The first-order valence-electron chi connectivity index (χ1n) is 9.26. The van der Waals surface area contributed by atoms with Crippen LogP contribution in [-0.4, -0.2) is 22.6 Å². The molecule has 0 aliphatic heterocycles. The summed E-state index contributed by atoms with van der Waals surface area (Å²) in [6.45, 7) is 8.28. The number of carbonyl (C=O) groups is 2. The fraction of sp³-hybridized carbons (Fsp3) is 0.227. The molecule has 2 aromatic heterocycles. The Kier molecular flexibility index (Phi) is 5.97. The summed E-state index contributed by atoms with van der Waals surface area (Å²) >= 11 is 0. The van der Waals surface area contributed by atoms with E-state index >= 15 is 0 Å². The SMILES string of the molecule is Cc1cc(C)cc(-n2c(C)cc(/C=N\NC(=O)C(=O)NCc3ccco3)c2C)c1. The molecule has 0 unspecified atom stereocenters. The highest BCUT2D eigenvalue weighted by molar-refractivity contribution is 6.35. The van der Waals surface area contributed by atoms with Crippen LogP contribution in [0, 0.1) is 27.7 Å².